The van der Waals surface area contributed by atoms with Crippen molar-refractivity contribution in [1.29, 1.82) is 0 Å². The summed E-state index contributed by atoms with van der Waals surface area (Å²) < 4.78 is 1.02. The smallest absolute Gasteiger partial charge is 0.243 e. The minimum Gasteiger partial charge on any atom is -0.352 e. The summed E-state index contributed by atoms with van der Waals surface area (Å²) in [6.45, 7) is 6.19. The van der Waals surface area contributed by atoms with E-state index in [4.69, 9.17) is 23.2 Å². The molecule has 0 aliphatic rings. The van der Waals surface area contributed by atoms with Crippen LogP contribution in [0.15, 0.2) is 46.9 Å². The fraction of sp³-hybridized carbons (Fsp3) is 0.417. The van der Waals surface area contributed by atoms with Crippen LogP contribution >= 0.6 is 50.9 Å². The fourth-order valence-corrected chi connectivity index (χ4v) is 4.57. The minimum atomic E-state index is -0.556. The van der Waals surface area contributed by atoms with Gasteiger partial charge in [0.05, 0.1) is 15.8 Å². The maximum Gasteiger partial charge on any atom is 0.243 e. The molecule has 0 aliphatic carbocycles. The Morgan fingerprint density at radius 2 is 1.69 bits per heavy atom. The Balaban J connectivity index is 2.16. The largest absolute Gasteiger partial charge is 0.352 e. The normalized spacial score (nSPS) is 12.8. The molecule has 2 rings (SSSR count). The molecule has 0 bridgehead atoms. The molecule has 2 amide bonds. The van der Waals surface area contributed by atoms with Gasteiger partial charge in [-0.3, -0.25) is 9.59 Å². The molecule has 2 atom stereocenters. The van der Waals surface area contributed by atoms with Crippen LogP contribution in [0, 0.1) is 0 Å². The van der Waals surface area contributed by atoms with Gasteiger partial charge in [0, 0.05) is 22.8 Å². The highest BCUT2D eigenvalue weighted by Gasteiger charge is 2.29. The number of thioether (sulfide) groups is 1. The number of nitrogens with zero attached hydrogens (tertiary/aromatic N) is 1. The van der Waals surface area contributed by atoms with E-state index in [1.807, 2.05) is 51.1 Å². The van der Waals surface area contributed by atoms with Gasteiger partial charge in [-0.2, -0.15) is 0 Å². The molecular formula is C24H29BrCl2N2O2S. The highest BCUT2D eigenvalue weighted by Crippen LogP contribution is 2.25. The van der Waals surface area contributed by atoms with Crippen molar-refractivity contribution in [1.82, 2.24) is 10.2 Å². The Hall–Kier alpha value is -1.21. The van der Waals surface area contributed by atoms with Crippen LogP contribution in [0.5, 0.6) is 0 Å². The summed E-state index contributed by atoms with van der Waals surface area (Å²) in [6.07, 6.45) is 1.35. The van der Waals surface area contributed by atoms with E-state index in [-0.39, 0.29) is 23.6 Å². The van der Waals surface area contributed by atoms with Gasteiger partial charge in [-0.1, -0.05) is 71.2 Å². The molecule has 32 heavy (non-hydrogen) atoms. The van der Waals surface area contributed by atoms with E-state index >= 15 is 0 Å². The lowest BCUT2D eigenvalue weighted by atomic mass is 10.1. The first-order valence-electron chi connectivity index (χ1n) is 10.6. The average molecular weight is 560 g/mol. The first-order chi connectivity index (χ1) is 15.2. The first-order valence-corrected chi connectivity index (χ1v) is 13.3. The van der Waals surface area contributed by atoms with Crippen molar-refractivity contribution in [3.63, 3.8) is 0 Å². The highest BCUT2D eigenvalue weighted by atomic mass is 79.9. The summed E-state index contributed by atoms with van der Waals surface area (Å²) >= 11 is 17.2. The number of nitrogens with one attached hydrogen (secondary N) is 1. The number of rotatable bonds is 11. The zero-order valence-corrected chi connectivity index (χ0v) is 22.5. The maximum atomic E-state index is 13.3. The van der Waals surface area contributed by atoms with Gasteiger partial charge in [0.15, 0.2) is 0 Å². The number of hydrogen-bond donors (Lipinski definition) is 1. The second kappa shape index (κ2) is 13.5. The van der Waals surface area contributed by atoms with E-state index in [0.717, 1.165) is 27.8 Å². The monoisotopic (exact) mass is 558 g/mol. The molecule has 0 fully saturated rings. The molecule has 0 saturated heterocycles. The topological polar surface area (TPSA) is 49.4 Å². The van der Waals surface area contributed by atoms with Gasteiger partial charge >= 0.3 is 0 Å². The maximum absolute atomic E-state index is 13.3. The molecule has 174 valence electrons. The number of hydrogen-bond acceptors (Lipinski definition) is 3. The van der Waals surface area contributed by atoms with Crippen LogP contribution in [-0.4, -0.2) is 34.6 Å². The van der Waals surface area contributed by atoms with Crippen molar-refractivity contribution in [2.45, 2.75) is 58.0 Å². The number of carbonyl (C=O) groups excluding carboxylic acids is 2. The SMILES string of the molecule is CC[C@@H](C)NC(=O)[C@@H](CC)N(Cc1ccc(Cl)c(Cl)c1)C(=O)CSCc1ccc(Br)cc1. The lowest BCUT2D eigenvalue weighted by molar-refractivity contribution is -0.139. The molecule has 0 unspecified atom stereocenters. The summed E-state index contributed by atoms with van der Waals surface area (Å²) in [4.78, 5) is 27.9. The molecule has 2 aromatic rings. The van der Waals surface area contributed by atoms with Gasteiger partial charge in [-0.15, -0.1) is 11.8 Å². The molecule has 0 aliphatic heterocycles. The van der Waals surface area contributed by atoms with E-state index in [2.05, 4.69) is 21.2 Å². The summed E-state index contributed by atoms with van der Waals surface area (Å²) in [5, 5.41) is 3.91. The van der Waals surface area contributed by atoms with Gasteiger partial charge in [0.2, 0.25) is 11.8 Å². The quantitative estimate of drug-likeness (QED) is 0.333. The first kappa shape index (κ1) is 27.0. The van der Waals surface area contributed by atoms with Crippen LogP contribution in [0.25, 0.3) is 0 Å². The number of carbonyl (C=O) groups is 2. The molecule has 0 radical (unpaired) electrons. The van der Waals surface area contributed by atoms with Gasteiger partial charge in [-0.05, 0) is 55.2 Å². The number of halogens is 3. The van der Waals surface area contributed by atoms with Crippen molar-refractivity contribution in [2.24, 2.45) is 0 Å². The van der Waals surface area contributed by atoms with E-state index in [9.17, 15) is 9.59 Å². The molecule has 0 spiro atoms. The Morgan fingerprint density at radius 1 is 1.03 bits per heavy atom. The summed E-state index contributed by atoms with van der Waals surface area (Å²) in [5.74, 6) is 0.789. The predicted molar refractivity (Wildman–Crippen MR) is 139 cm³/mol. The van der Waals surface area contributed by atoms with Gasteiger partial charge < -0.3 is 10.2 Å². The zero-order valence-electron chi connectivity index (χ0n) is 18.5. The van der Waals surface area contributed by atoms with E-state index in [1.54, 1.807) is 17.0 Å². The molecule has 0 aromatic heterocycles. The van der Waals surface area contributed by atoms with Crippen molar-refractivity contribution in [3.8, 4) is 0 Å². The molecule has 0 saturated carbocycles. The molecule has 0 heterocycles. The van der Waals surface area contributed by atoms with Crippen LogP contribution in [-0.2, 0) is 21.9 Å². The average Bonchev–Trinajstić information content (AvgIpc) is 2.77. The van der Waals surface area contributed by atoms with Gasteiger partial charge in [-0.25, -0.2) is 0 Å². The van der Waals surface area contributed by atoms with Gasteiger partial charge in [0.1, 0.15) is 6.04 Å². The predicted octanol–water partition coefficient (Wildman–Crippen LogP) is 6.71. The summed E-state index contributed by atoms with van der Waals surface area (Å²) in [5.41, 5.74) is 1.98. The van der Waals surface area contributed by atoms with Crippen molar-refractivity contribution < 1.29 is 9.59 Å². The third kappa shape index (κ3) is 8.29. The van der Waals surface area contributed by atoms with E-state index in [1.165, 1.54) is 11.8 Å². The molecule has 2 aromatic carbocycles. The minimum absolute atomic E-state index is 0.0465. The third-order valence-corrected chi connectivity index (χ3v) is 7.39. The van der Waals surface area contributed by atoms with Crippen LogP contribution in [0.2, 0.25) is 10.0 Å². The third-order valence-electron chi connectivity index (χ3n) is 5.13. The Kier molecular flexibility index (Phi) is 11.4. The standard InChI is InChI=1S/C24H29BrCl2N2O2S/c1-4-16(3)28-24(31)22(5-2)29(13-18-8-11-20(26)21(27)12-18)23(30)15-32-14-17-6-9-19(25)10-7-17/h6-12,16,22H,4-5,13-15H2,1-3H3,(H,28,31)/t16-,22-/m1/s1. The van der Waals surface area contributed by atoms with Crippen LogP contribution in [0.3, 0.4) is 0 Å². The summed E-state index contributed by atoms with van der Waals surface area (Å²) in [6, 6.07) is 12.8. The van der Waals surface area contributed by atoms with E-state index in [0.29, 0.717) is 23.0 Å². The van der Waals surface area contributed by atoms with Crippen molar-refractivity contribution >= 4 is 62.7 Å². The van der Waals surface area contributed by atoms with Gasteiger partial charge in [0.25, 0.3) is 0 Å². The van der Waals surface area contributed by atoms with E-state index < -0.39 is 6.04 Å². The lowest BCUT2D eigenvalue weighted by Gasteiger charge is -2.31. The zero-order chi connectivity index (χ0) is 23.7. The van der Waals surface area contributed by atoms with Crippen LogP contribution in [0.4, 0.5) is 0 Å². The molecule has 8 heteroatoms. The Morgan fingerprint density at radius 3 is 2.28 bits per heavy atom. The lowest BCUT2D eigenvalue weighted by Crippen LogP contribution is -2.51. The summed E-state index contributed by atoms with van der Waals surface area (Å²) in [7, 11) is 0. The number of benzene rings is 2. The van der Waals surface area contributed by atoms with Crippen LogP contribution in [0.1, 0.15) is 44.7 Å². The van der Waals surface area contributed by atoms with Crippen LogP contribution < -0.4 is 5.32 Å². The Bertz CT molecular complexity index is 911. The van der Waals surface area contributed by atoms with Crippen molar-refractivity contribution in [2.75, 3.05) is 5.75 Å². The fourth-order valence-electron chi connectivity index (χ4n) is 3.12. The second-order valence-corrected chi connectivity index (χ2v) is 10.3. The van der Waals surface area contributed by atoms with Crippen molar-refractivity contribution in [3.05, 3.63) is 68.1 Å². The molecular weight excluding hydrogens is 531 g/mol. The second-order valence-electron chi connectivity index (χ2n) is 7.63. The number of amides is 2. The highest BCUT2D eigenvalue weighted by molar-refractivity contribution is 9.10. The molecule has 4 nitrogen and oxygen atoms in total. The Labute approximate surface area is 213 Å². The molecule has 1 N–H and O–H groups in total.